The highest BCUT2D eigenvalue weighted by molar-refractivity contribution is 8.18. The predicted octanol–water partition coefficient (Wildman–Crippen LogP) is 2.76. The Labute approximate surface area is 168 Å². The van der Waals surface area contributed by atoms with Crippen LogP contribution in [0.4, 0.5) is 4.79 Å². The number of ether oxygens (including phenoxy) is 2. The topological polar surface area (TPSA) is 76.2 Å². The second kappa shape index (κ2) is 9.25. The smallest absolute Gasteiger partial charge is 0.294 e. The number of hydrogen-bond acceptors (Lipinski definition) is 6. The average molecular weight is 404 g/mol. The Morgan fingerprint density at radius 1 is 1.25 bits per heavy atom. The molecule has 0 aromatic heterocycles. The summed E-state index contributed by atoms with van der Waals surface area (Å²) in [6.45, 7) is 5.74. The molecule has 0 radical (unpaired) electrons. The first-order valence-corrected chi connectivity index (χ1v) is 10.2. The van der Waals surface area contributed by atoms with E-state index in [0.717, 1.165) is 34.4 Å². The highest BCUT2D eigenvalue weighted by atomic mass is 32.2. The SMILES string of the molecule is CCC(C)Oc1ccc(/C=C2\SC(=O)N(CC(=O)N3CCOCC3)C2=O)cc1. The fraction of sp³-hybridized carbons (Fsp3) is 0.450. The number of morpholine rings is 1. The molecular weight excluding hydrogens is 380 g/mol. The van der Waals surface area contributed by atoms with Crippen LogP contribution >= 0.6 is 11.8 Å². The van der Waals surface area contributed by atoms with E-state index in [4.69, 9.17) is 9.47 Å². The fourth-order valence-corrected chi connectivity index (χ4v) is 3.63. The third kappa shape index (κ3) is 4.94. The zero-order valence-electron chi connectivity index (χ0n) is 16.1. The number of rotatable bonds is 6. The zero-order valence-corrected chi connectivity index (χ0v) is 16.9. The van der Waals surface area contributed by atoms with Gasteiger partial charge in [-0.05, 0) is 48.9 Å². The van der Waals surface area contributed by atoms with Gasteiger partial charge in [-0.3, -0.25) is 19.3 Å². The lowest BCUT2D eigenvalue weighted by atomic mass is 10.2. The fourth-order valence-electron chi connectivity index (χ4n) is 2.79. The van der Waals surface area contributed by atoms with E-state index in [1.165, 1.54) is 0 Å². The van der Waals surface area contributed by atoms with Crippen LogP contribution in [-0.2, 0) is 14.3 Å². The van der Waals surface area contributed by atoms with Crippen molar-refractivity contribution < 1.29 is 23.9 Å². The Morgan fingerprint density at radius 3 is 2.57 bits per heavy atom. The van der Waals surface area contributed by atoms with Crippen LogP contribution < -0.4 is 4.74 Å². The summed E-state index contributed by atoms with van der Waals surface area (Å²) < 4.78 is 11.0. The van der Waals surface area contributed by atoms with E-state index in [-0.39, 0.29) is 18.6 Å². The summed E-state index contributed by atoms with van der Waals surface area (Å²) in [6, 6.07) is 7.35. The van der Waals surface area contributed by atoms with E-state index in [1.54, 1.807) is 11.0 Å². The molecule has 2 aliphatic heterocycles. The van der Waals surface area contributed by atoms with Crippen LogP contribution in [0.5, 0.6) is 5.75 Å². The van der Waals surface area contributed by atoms with E-state index in [2.05, 4.69) is 6.92 Å². The van der Waals surface area contributed by atoms with Gasteiger partial charge in [0.15, 0.2) is 0 Å². The van der Waals surface area contributed by atoms with Gasteiger partial charge in [0, 0.05) is 13.1 Å². The summed E-state index contributed by atoms with van der Waals surface area (Å²) >= 11 is 0.856. The second-order valence-electron chi connectivity index (χ2n) is 6.67. The number of hydrogen-bond donors (Lipinski definition) is 0. The summed E-state index contributed by atoms with van der Waals surface area (Å²) in [5.74, 6) is 0.0886. The number of carbonyl (C=O) groups excluding carboxylic acids is 3. The van der Waals surface area contributed by atoms with Crippen molar-refractivity contribution in [3.05, 3.63) is 34.7 Å². The molecule has 1 aromatic rings. The third-order valence-corrected chi connectivity index (χ3v) is 5.53. The molecule has 150 valence electrons. The molecule has 1 unspecified atom stereocenters. The van der Waals surface area contributed by atoms with Crippen LogP contribution in [0.15, 0.2) is 29.2 Å². The largest absolute Gasteiger partial charge is 0.491 e. The molecule has 28 heavy (non-hydrogen) atoms. The van der Waals surface area contributed by atoms with Gasteiger partial charge in [0.25, 0.3) is 11.1 Å². The Morgan fingerprint density at radius 2 is 1.93 bits per heavy atom. The van der Waals surface area contributed by atoms with Gasteiger partial charge in [0.05, 0.1) is 24.2 Å². The Bertz CT molecular complexity index is 771. The summed E-state index contributed by atoms with van der Waals surface area (Å²) in [6.07, 6.45) is 2.71. The highest BCUT2D eigenvalue weighted by Gasteiger charge is 2.37. The lowest BCUT2D eigenvalue weighted by molar-refractivity contribution is -0.139. The normalized spacial score (nSPS) is 20.0. The first-order valence-electron chi connectivity index (χ1n) is 9.35. The number of imide groups is 1. The Kier molecular flexibility index (Phi) is 6.74. The first-order chi connectivity index (χ1) is 13.5. The van der Waals surface area contributed by atoms with Gasteiger partial charge < -0.3 is 14.4 Å². The van der Waals surface area contributed by atoms with Crippen LogP contribution in [0.1, 0.15) is 25.8 Å². The van der Waals surface area contributed by atoms with Crippen molar-refractivity contribution in [2.45, 2.75) is 26.4 Å². The molecule has 1 aromatic carbocycles. The number of thioether (sulfide) groups is 1. The van der Waals surface area contributed by atoms with Gasteiger partial charge in [-0.2, -0.15) is 0 Å². The molecule has 7 nitrogen and oxygen atoms in total. The van der Waals surface area contributed by atoms with E-state index >= 15 is 0 Å². The van der Waals surface area contributed by atoms with Crippen molar-refractivity contribution in [2.24, 2.45) is 0 Å². The summed E-state index contributed by atoms with van der Waals surface area (Å²) in [7, 11) is 0. The van der Waals surface area contributed by atoms with Crippen molar-refractivity contribution in [1.82, 2.24) is 9.80 Å². The average Bonchev–Trinajstić information content (AvgIpc) is 2.97. The predicted molar refractivity (Wildman–Crippen MR) is 107 cm³/mol. The number of benzene rings is 1. The third-order valence-electron chi connectivity index (χ3n) is 4.62. The van der Waals surface area contributed by atoms with Crippen molar-refractivity contribution in [1.29, 1.82) is 0 Å². The van der Waals surface area contributed by atoms with E-state index in [9.17, 15) is 14.4 Å². The number of nitrogens with zero attached hydrogens (tertiary/aromatic N) is 2. The maximum absolute atomic E-state index is 12.6. The molecule has 3 amide bonds. The molecule has 3 rings (SSSR count). The maximum Gasteiger partial charge on any atom is 0.294 e. The number of carbonyl (C=O) groups is 3. The van der Waals surface area contributed by atoms with E-state index in [1.807, 2.05) is 31.2 Å². The minimum Gasteiger partial charge on any atom is -0.491 e. The van der Waals surface area contributed by atoms with Crippen molar-refractivity contribution in [2.75, 3.05) is 32.8 Å². The van der Waals surface area contributed by atoms with Crippen molar-refractivity contribution in [3.8, 4) is 5.75 Å². The van der Waals surface area contributed by atoms with Crippen molar-refractivity contribution in [3.63, 3.8) is 0 Å². The van der Waals surface area contributed by atoms with Crippen LogP contribution in [-0.4, -0.2) is 65.8 Å². The van der Waals surface area contributed by atoms with Gasteiger partial charge in [-0.25, -0.2) is 0 Å². The molecule has 2 aliphatic rings. The molecule has 0 bridgehead atoms. The highest BCUT2D eigenvalue weighted by Crippen LogP contribution is 2.32. The molecule has 2 saturated heterocycles. The van der Waals surface area contributed by atoms with Crippen LogP contribution in [0, 0.1) is 0 Å². The Hall–Kier alpha value is -2.32. The Balaban J connectivity index is 1.64. The van der Waals surface area contributed by atoms with Crippen molar-refractivity contribution >= 4 is 34.9 Å². The molecule has 0 spiro atoms. The molecule has 2 heterocycles. The van der Waals surface area contributed by atoms with Gasteiger partial charge in [0.1, 0.15) is 12.3 Å². The maximum atomic E-state index is 12.6. The van der Waals surface area contributed by atoms with Gasteiger partial charge in [-0.1, -0.05) is 19.1 Å². The minimum absolute atomic E-state index is 0.131. The summed E-state index contributed by atoms with van der Waals surface area (Å²) in [5, 5.41) is -0.422. The molecule has 0 saturated carbocycles. The lowest BCUT2D eigenvalue weighted by Crippen LogP contribution is -2.46. The lowest BCUT2D eigenvalue weighted by Gasteiger charge is -2.28. The van der Waals surface area contributed by atoms with Gasteiger partial charge >= 0.3 is 0 Å². The molecule has 2 fully saturated rings. The zero-order chi connectivity index (χ0) is 20.1. The van der Waals surface area contributed by atoms with Crippen LogP contribution in [0.3, 0.4) is 0 Å². The van der Waals surface area contributed by atoms with Crippen LogP contribution in [0.25, 0.3) is 6.08 Å². The summed E-state index contributed by atoms with van der Waals surface area (Å²) in [5.41, 5.74) is 0.793. The first kappa shape index (κ1) is 20.4. The monoisotopic (exact) mass is 404 g/mol. The molecule has 8 heteroatoms. The minimum atomic E-state index is -0.434. The van der Waals surface area contributed by atoms with Gasteiger partial charge in [0.2, 0.25) is 5.91 Å². The second-order valence-corrected chi connectivity index (χ2v) is 7.66. The van der Waals surface area contributed by atoms with E-state index in [0.29, 0.717) is 31.2 Å². The molecule has 1 atom stereocenters. The van der Waals surface area contributed by atoms with Crippen LogP contribution in [0.2, 0.25) is 0 Å². The quantitative estimate of drug-likeness (QED) is 0.679. The standard InChI is InChI=1S/C20H24N2O5S/c1-3-14(2)27-16-6-4-15(5-7-16)12-17-19(24)22(20(25)28-17)13-18(23)21-8-10-26-11-9-21/h4-7,12,14H,3,8-11,13H2,1-2H3/b17-12-. The number of amides is 3. The van der Waals surface area contributed by atoms with Gasteiger partial charge in [-0.15, -0.1) is 0 Å². The molecule has 0 N–H and O–H groups in total. The molecular formula is C20H24N2O5S. The molecule has 0 aliphatic carbocycles. The van der Waals surface area contributed by atoms with E-state index < -0.39 is 11.1 Å². The summed E-state index contributed by atoms with van der Waals surface area (Å²) in [4.78, 5) is 40.1.